The Morgan fingerprint density at radius 2 is 2.25 bits per heavy atom. The van der Waals surface area contributed by atoms with Crippen LogP contribution in [0.5, 0.6) is 0 Å². The number of rotatable bonds is 6. The minimum Gasteiger partial charge on any atom is -0.384 e. The number of pyridine rings is 1. The molecule has 0 aliphatic heterocycles. The van der Waals surface area contributed by atoms with Crippen LogP contribution in [0.1, 0.15) is 55.6 Å². The highest BCUT2D eigenvalue weighted by Crippen LogP contribution is 2.04. The fraction of sp³-hybridized carbons (Fsp3) is 0.500. The summed E-state index contributed by atoms with van der Waals surface area (Å²) in [4.78, 5) is 16.0. The minimum absolute atomic E-state index is 0.157. The van der Waals surface area contributed by atoms with Crippen LogP contribution in [0.3, 0.4) is 0 Å². The first-order valence-corrected chi connectivity index (χ1v) is 7.04. The first-order valence-electron chi connectivity index (χ1n) is 7.04. The Kier molecular flexibility index (Phi) is 7.38. The van der Waals surface area contributed by atoms with Gasteiger partial charge in [-0.2, -0.15) is 0 Å². The number of aromatic nitrogens is 1. The molecule has 0 spiro atoms. The largest absolute Gasteiger partial charge is 0.384 e. The highest BCUT2D eigenvalue weighted by Gasteiger charge is 2.10. The van der Waals surface area contributed by atoms with Crippen molar-refractivity contribution in [3.8, 4) is 11.8 Å². The molecule has 0 bridgehead atoms. The lowest BCUT2D eigenvalue weighted by Crippen LogP contribution is -2.33. The number of hydrogen-bond acceptors (Lipinski definition) is 3. The van der Waals surface area contributed by atoms with E-state index in [4.69, 9.17) is 5.11 Å². The smallest absolute Gasteiger partial charge is 0.270 e. The third-order valence-electron chi connectivity index (χ3n) is 2.93. The van der Waals surface area contributed by atoms with Crippen molar-refractivity contribution in [1.29, 1.82) is 0 Å². The summed E-state index contributed by atoms with van der Waals surface area (Å²) in [6.07, 6.45) is 6.02. The van der Waals surface area contributed by atoms with Crippen LogP contribution in [0.2, 0.25) is 0 Å². The van der Waals surface area contributed by atoms with Crippen LogP contribution < -0.4 is 5.32 Å². The number of unbranched alkanes of at least 4 members (excludes halogenated alkanes) is 2. The van der Waals surface area contributed by atoms with Gasteiger partial charge in [0.05, 0.1) is 0 Å². The number of aliphatic hydroxyl groups excluding tert-OH is 1. The number of amides is 1. The summed E-state index contributed by atoms with van der Waals surface area (Å²) >= 11 is 0. The summed E-state index contributed by atoms with van der Waals surface area (Å²) in [5.41, 5.74) is 1.08. The van der Waals surface area contributed by atoms with Crippen molar-refractivity contribution < 1.29 is 9.90 Å². The molecule has 1 rings (SSSR count). The van der Waals surface area contributed by atoms with E-state index in [-0.39, 0.29) is 18.6 Å². The second kappa shape index (κ2) is 9.11. The number of nitrogens with zero attached hydrogens (tertiary/aromatic N) is 1. The summed E-state index contributed by atoms with van der Waals surface area (Å²) in [6, 6.07) is 3.53. The van der Waals surface area contributed by atoms with Gasteiger partial charge < -0.3 is 10.4 Å². The Labute approximate surface area is 120 Å². The number of nitrogens with one attached hydrogen (secondary N) is 1. The molecular formula is C16H22N2O2. The van der Waals surface area contributed by atoms with Gasteiger partial charge in [0.25, 0.3) is 5.91 Å². The lowest BCUT2D eigenvalue weighted by molar-refractivity contribution is 0.0933. The first-order chi connectivity index (χ1) is 9.67. The van der Waals surface area contributed by atoms with Crippen molar-refractivity contribution in [3.05, 3.63) is 29.6 Å². The van der Waals surface area contributed by atoms with Crippen LogP contribution in [0.15, 0.2) is 18.3 Å². The van der Waals surface area contributed by atoms with Gasteiger partial charge in [-0.25, -0.2) is 4.98 Å². The van der Waals surface area contributed by atoms with Gasteiger partial charge >= 0.3 is 0 Å². The van der Waals surface area contributed by atoms with E-state index < -0.39 is 0 Å². The van der Waals surface area contributed by atoms with E-state index in [0.717, 1.165) is 12.8 Å². The second-order valence-electron chi connectivity index (χ2n) is 4.76. The van der Waals surface area contributed by atoms with Gasteiger partial charge in [-0.15, -0.1) is 0 Å². The monoisotopic (exact) mass is 274 g/mol. The third kappa shape index (κ3) is 5.85. The summed E-state index contributed by atoms with van der Waals surface area (Å²) in [5.74, 6) is 5.12. The van der Waals surface area contributed by atoms with E-state index in [0.29, 0.717) is 11.3 Å². The molecule has 0 aliphatic rings. The second-order valence-corrected chi connectivity index (χ2v) is 4.76. The minimum atomic E-state index is -0.183. The zero-order valence-corrected chi connectivity index (χ0v) is 12.1. The van der Waals surface area contributed by atoms with E-state index in [9.17, 15) is 4.79 Å². The quantitative estimate of drug-likeness (QED) is 0.617. The predicted octanol–water partition coefficient (Wildman–Crippen LogP) is 2.12. The summed E-state index contributed by atoms with van der Waals surface area (Å²) in [7, 11) is 0. The van der Waals surface area contributed by atoms with Crippen LogP contribution in [-0.4, -0.2) is 28.6 Å². The van der Waals surface area contributed by atoms with Crippen LogP contribution in [0.25, 0.3) is 0 Å². The van der Waals surface area contributed by atoms with E-state index in [1.165, 1.54) is 12.8 Å². The molecule has 1 atom stereocenters. The van der Waals surface area contributed by atoms with E-state index in [1.54, 1.807) is 18.3 Å². The molecule has 2 N–H and O–H groups in total. The van der Waals surface area contributed by atoms with Crippen LogP contribution in [0, 0.1) is 11.8 Å². The van der Waals surface area contributed by atoms with Crippen molar-refractivity contribution in [3.63, 3.8) is 0 Å². The van der Waals surface area contributed by atoms with E-state index in [2.05, 4.69) is 29.1 Å². The van der Waals surface area contributed by atoms with E-state index in [1.807, 2.05) is 6.92 Å². The van der Waals surface area contributed by atoms with Gasteiger partial charge in [0.2, 0.25) is 0 Å². The maximum atomic E-state index is 12.0. The molecule has 0 aliphatic carbocycles. The number of carbonyl (C=O) groups is 1. The average Bonchev–Trinajstić information content (AvgIpc) is 2.46. The highest BCUT2D eigenvalue weighted by molar-refractivity contribution is 5.92. The topological polar surface area (TPSA) is 62.2 Å². The van der Waals surface area contributed by atoms with Crippen LogP contribution in [-0.2, 0) is 0 Å². The molecule has 0 saturated carbocycles. The van der Waals surface area contributed by atoms with E-state index >= 15 is 0 Å². The molecule has 1 aromatic heterocycles. The maximum absolute atomic E-state index is 12.0. The van der Waals surface area contributed by atoms with Gasteiger partial charge in [0.1, 0.15) is 12.3 Å². The standard InChI is InChI=1S/C16H22N2O2/c1-3-4-5-7-13(2)18-16(20)15-10-9-14(12-17-15)8-6-11-19/h9-10,12-13,19H,3-5,7,11H2,1-2H3,(H,18,20). The van der Waals surface area contributed by atoms with Gasteiger partial charge in [0, 0.05) is 17.8 Å². The normalized spacial score (nSPS) is 11.3. The lowest BCUT2D eigenvalue weighted by atomic mass is 10.1. The Bertz CT molecular complexity index is 471. The Morgan fingerprint density at radius 3 is 2.85 bits per heavy atom. The van der Waals surface area contributed by atoms with Crippen LogP contribution in [0.4, 0.5) is 0 Å². The van der Waals surface area contributed by atoms with Gasteiger partial charge in [-0.3, -0.25) is 4.79 Å². The highest BCUT2D eigenvalue weighted by atomic mass is 16.2. The molecule has 20 heavy (non-hydrogen) atoms. The maximum Gasteiger partial charge on any atom is 0.270 e. The molecule has 1 unspecified atom stereocenters. The number of carbonyl (C=O) groups excluding carboxylic acids is 1. The van der Waals surface area contributed by atoms with Gasteiger partial charge in [0.15, 0.2) is 0 Å². The molecule has 1 amide bonds. The van der Waals surface area contributed by atoms with Crippen molar-refractivity contribution in [1.82, 2.24) is 10.3 Å². The molecule has 0 radical (unpaired) electrons. The molecule has 0 aromatic carbocycles. The van der Waals surface area contributed by atoms with Crippen LogP contribution >= 0.6 is 0 Å². The molecule has 0 fully saturated rings. The molecule has 108 valence electrons. The van der Waals surface area contributed by atoms with Crippen molar-refractivity contribution in [2.45, 2.75) is 45.6 Å². The predicted molar refractivity (Wildman–Crippen MR) is 79.3 cm³/mol. The molecular weight excluding hydrogens is 252 g/mol. The Morgan fingerprint density at radius 1 is 1.45 bits per heavy atom. The molecule has 0 saturated heterocycles. The lowest BCUT2D eigenvalue weighted by Gasteiger charge is -2.13. The molecule has 1 aromatic rings. The first kappa shape index (κ1) is 16.2. The molecule has 4 nitrogen and oxygen atoms in total. The Hall–Kier alpha value is -1.86. The van der Waals surface area contributed by atoms with Crippen molar-refractivity contribution in [2.24, 2.45) is 0 Å². The zero-order valence-electron chi connectivity index (χ0n) is 12.1. The summed E-state index contributed by atoms with van der Waals surface area (Å²) in [5, 5.41) is 11.5. The summed E-state index contributed by atoms with van der Waals surface area (Å²) < 4.78 is 0. The fourth-order valence-electron chi connectivity index (χ4n) is 1.81. The number of aliphatic hydroxyl groups is 1. The Balaban J connectivity index is 2.50. The van der Waals surface area contributed by atoms with Crippen molar-refractivity contribution >= 4 is 5.91 Å². The third-order valence-corrected chi connectivity index (χ3v) is 2.93. The molecule has 4 heteroatoms. The van der Waals surface area contributed by atoms with Crippen molar-refractivity contribution in [2.75, 3.05) is 6.61 Å². The number of hydrogen-bond donors (Lipinski definition) is 2. The average molecular weight is 274 g/mol. The summed E-state index contributed by atoms with van der Waals surface area (Å²) in [6.45, 7) is 3.99. The zero-order chi connectivity index (χ0) is 14.8. The fourth-order valence-corrected chi connectivity index (χ4v) is 1.81. The SMILES string of the molecule is CCCCCC(C)NC(=O)c1ccc(C#CCO)cn1. The van der Waals surface area contributed by atoms with Gasteiger partial charge in [-0.05, 0) is 25.5 Å². The molecule has 1 heterocycles. The van der Waals surface area contributed by atoms with Gasteiger partial charge in [-0.1, -0.05) is 38.0 Å².